The van der Waals surface area contributed by atoms with Crippen molar-refractivity contribution in [1.29, 1.82) is 0 Å². The van der Waals surface area contributed by atoms with Gasteiger partial charge in [0.05, 0.1) is 10.7 Å². The number of hydrogen-bond acceptors (Lipinski definition) is 3. The number of anilines is 2. The van der Waals surface area contributed by atoms with E-state index in [1.807, 2.05) is 6.07 Å². The van der Waals surface area contributed by atoms with Gasteiger partial charge in [-0.3, -0.25) is 9.59 Å². The molecule has 26 heavy (non-hydrogen) atoms. The van der Waals surface area contributed by atoms with Crippen molar-refractivity contribution >= 4 is 40.8 Å². The maximum atomic E-state index is 12.6. The van der Waals surface area contributed by atoms with Crippen LogP contribution in [0.1, 0.15) is 16.8 Å². The standard InChI is InChI=1S/C18H17ClN4O3/c19-13-3-1-2-4-15(13)23-10-9-14(17(23)25)22-16(24)11-5-7-12(8-6-11)21-18(20)26/h1-8,14H,9-10H2,(H,22,24)(H3,20,21,26). The van der Waals surface area contributed by atoms with E-state index in [9.17, 15) is 14.4 Å². The second-order valence-electron chi connectivity index (χ2n) is 5.82. The number of nitrogens with zero attached hydrogens (tertiary/aromatic N) is 1. The number of halogens is 1. The Bertz CT molecular complexity index is 854. The summed E-state index contributed by atoms with van der Waals surface area (Å²) in [5, 5.41) is 5.64. The molecule has 4 amide bonds. The number of para-hydroxylation sites is 1. The zero-order chi connectivity index (χ0) is 18.7. The van der Waals surface area contributed by atoms with Crippen LogP contribution in [0.4, 0.5) is 16.2 Å². The normalized spacial score (nSPS) is 16.4. The minimum absolute atomic E-state index is 0.196. The third-order valence-electron chi connectivity index (χ3n) is 4.07. The van der Waals surface area contributed by atoms with Crippen LogP contribution in [0.2, 0.25) is 5.02 Å². The number of amides is 4. The third kappa shape index (κ3) is 3.78. The Kier molecular flexibility index (Phi) is 5.09. The molecule has 1 aliphatic rings. The number of nitrogens with two attached hydrogens (primary N) is 1. The van der Waals surface area contributed by atoms with Gasteiger partial charge in [0.15, 0.2) is 0 Å². The minimum Gasteiger partial charge on any atom is -0.351 e. The number of urea groups is 1. The second-order valence-corrected chi connectivity index (χ2v) is 6.23. The van der Waals surface area contributed by atoms with Crippen molar-refractivity contribution in [3.63, 3.8) is 0 Å². The molecule has 1 aliphatic heterocycles. The summed E-state index contributed by atoms with van der Waals surface area (Å²) >= 11 is 6.15. The molecule has 134 valence electrons. The molecule has 0 saturated carbocycles. The van der Waals surface area contributed by atoms with Gasteiger partial charge in [0.2, 0.25) is 5.91 Å². The molecule has 1 saturated heterocycles. The summed E-state index contributed by atoms with van der Waals surface area (Å²) in [6, 6.07) is 12.0. The van der Waals surface area contributed by atoms with Crippen LogP contribution in [0.15, 0.2) is 48.5 Å². The molecule has 1 unspecified atom stereocenters. The zero-order valence-electron chi connectivity index (χ0n) is 13.7. The first-order chi connectivity index (χ1) is 12.5. The van der Waals surface area contributed by atoms with E-state index in [1.165, 1.54) is 0 Å². The van der Waals surface area contributed by atoms with Crippen molar-refractivity contribution in [2.24, 2.45) is 5.73 Å². The van der Waals surface area contributed by atoms with E-state index in [-0.39, 0.29) is 11.8 Å². The largest absolute Gasteiger partial charge is 0.351 e. The lowest BCUT2D eigenvalue weighted by Crippen LogP contribution is -2.41. The van der Waals surface area contributed by atoms with E-state index >= 15 is 0 Å². The van der Waals surface area contributed by atoms with Crippen molar-refractivity contribution in [1.82, 2.24) is 5.32 Å². The predicted molar refractivity (Wildman–Crippen MR) is 99.3 cm³/mol. The molecule has 1 heterocycles. The molecular weight excluding hydrogens is 356 g/mol. The van der Waals surface area contributed by atoms with Crippen LogP contribution in [-0.2, 0) is 4.79 Å². The van der Waals surface area contributed by atoms with Crippen molar-refractivity contribution < 1.29 is 14.4 Å². The minimum atomic E-state index is -0.682. The highest BCUT2D eigenvalue weighted by Gasteiger charge is 2.34. The Hall–Kier alpha value is -3.06. The van der Waals surface area contributed by atoms with Crippen molar-refractivity contribution in [3.05, 3.63) is 59.1 Å². The van der Waals surface area contributed by atoms with Gasteiger partial charge in [0.1, 0.15) is 6.04 Å². The number of carbonyl (C=O) groups excluding carboxylic acids is 3. The lowest BCUT2D eigenvalue weighted by molar-refractivity contribution is -0.118. The van der Waals surface area contributed by atoms with Crippen molar-refractivity contribution in [2.45, 2.75) is 12.5 Å². The zero-order valence-corrected chi connectivity index (χ0v) is 14.5. The van der Waals surface area contributed by atoms with Crippen LogP contribution < -0.4 is 21.3 Å². The molecular formula is C18H17ClN4O3. The quantitative estimate of drug-likeness (QED) is 0.767. The fourth-order valence-electron chi connectivity index (χ4n) is 2.81. The Morgan fingerprint density at radius 2 is 1.81 bits per heavy atom. The smallest absolute Gasteiger partial charge is 0.316 e. The average Bonchev–Trinajstić information content (AvgIpc) is 2.96. The average molecular weight is 373 g/mol. The molecule has 3 rings (SSSR count). The van der Waals surface area contributed by atoms with E-state index < -0.39 is 12.1 Å². The molecule has 0 aromatic heterocycles. The van der Waals surface area contributed by atoms with Gasteiger partial charge in [-0.05, 0) is 42.8 Å². The number of carbonyl (C=O) groups is 3. The molecule has 0 radical (unpaired) electrons. The summed E-state index contributed by atoms with van der Waals surface area (Å²) < 4.78 is 0. The first-order valence-corrected chi connectivity index (χ1v) is 8.37. The molecule has 0 bridgehead atoms. The number of benzene rings is 2. The van der Waals surface area contributed by atoms with Crippen LogP contribution in [0.5, 0.6) is 0 Å². The van der Waals surface area contributed by atoms with Gasteiger partial charge in [-0.1, -0.05) is 23.7 Å². The summed E-state index contributed by atoms with van der Waals surface area (Å²) in [6.45, 7) is 0.481. The fourth-order valence-corrected chi connectivity index (χ4v) is 3.05. The van der Waals surface area contributed by atoms with E-state index in [0.717, 1.165) is 0 Å². The highest BCUT2D eigenvalue weighted by Crippen LogP contribution is 2.29. The summed E-state index contributed by atoms with van der Waals surface area (Å²) in [4.78, 5) is 37.3. The van der Waals surface area contributed by atoms with Crippen LogP contribution >= 0.6 is 11.6 Å². The summed E-state index contributed by atoms with van der Waals surface area (Å²) in [6.07, 6.45) is 0.497. The Morgan fingerprint density at radius 3 is 2.46 bits per heavy atom. The molecule has 2 aromatic carbocycles. The fraction of sp³-hybridized carbons (Fsp3) is 0.167. The summed E-state index contributed by atoms with van der Waals surface area (Å²) in [7, 11) is 0. The molecule has 2 aromatic rings. The monoisotopic (exact) mass is 372 g/mol. The molecule has 1 fully saturated rings. The Balaban J connectivity index is 1.66. The van der Waals surface area contributed by atoms with E-state index in [2.05, 4.69) is 10.6 Å². The lowest BCUT2D eigenvalue weighted by atomic mass is 10.1. The van der Waals surface area contributed by atoms with Crippen LogP contribution in [-0.4, -0.2) is 30.4 Å². The molecule has 8 heteroatoms. The number of primary amides is 1. The maximum absolute atomic E-state index is 12.6. The topological polar surface area (TPSA) is 105 Å². The van der Waals surface area contributed by atoms with Crippen LogP contribution in [0, 0.1) is 0 Å². The molecule has 0 aliphatic carbocycles. The lowest BCUT2D eigenvalue weighted by Gasteiger charge is -2.18. The molecule has 7 nitrogen and oxygen atoms in total. The second kappa shape index (κ2) is 7.45. The van der Waals surface area contributed by atoms with E-state index in [1.54, 1.807) is 47.4 Å². The molecule has 0 spiro atoms. The molecule has 1 atom stereocenters. The van der Waals surface area contributed by atoms with Crippen LogP contribution in [0.3, 0.4) is 0 Å². The van der Waals surface area contributed by atoms with Crippen molar-refractivity contribution in [3.8, 4) is 0 Å². The first-order valence-electron chi connectivity index (χ1n) is 7.99. The van der Waals surface area contributed by atoms with Gasteiger partial charge in [-0.2, -0.15) is 0 Å². The number of nitrogens with one attached hydrogen (secondary N) is 2. The summed E-state index contributed by atoms with van der Waals surface area (Å²) in [5.41, 5.74) is 6.54. The van der Waals surface area contributed by atoms with E-state index in [0.29, 0.717) is 34.9 Å². The molecule has 4 N–H and O–H groups in total. The van der Waals surface area contributed by atoms with Crippen LogP contribution in [0.25, 0.3) is 0 Å². The summed E-state index contributed by atoms with van der Waals surface area (Å²) in [5.74, 6) is -0.562. The van der Waals surface area contributed by atoms with Gasteiger partial charge < -0.3 is 21.3 Å². The maximum Gasteiger partial charge on any atom is 0.316 e. The van der Waals surface area contributed by atoms with Gasteiger partial charge in [-0.25, -0.2) is 4.79 Å². The van der Waals surface area contributed by atoms with Gasteiger partial charge >= 0.3 is 6.03 Å². The highest BCUT2D eigenvalue weighted by molar-refractivity contribution is 6.34. The SMILES string of the molecule is NC(=O)Nc1ccc(C(=O)NC2CCN(c3ccccc3Cl)C2=O)cc1. The van der Waals surface area contributed by atoms with Gasteiger partial charge in [0.25, 0.3) is 5.91 Å². The Morgan fingerprint density at radius 1 is 1.12 bits per heavy atom. The predicted octanol–water partition coefficient (Wildman–Crippen LogP) is 2.37. The number of rotatable bonds is 4. The first kappa shape index (κ1) is 17.8. The van der Waals surface area contributed by atoms with Crippen molar-refractivity contribution in [2.75, 3.05) is 16.8 Å². The number of hydrogen-bond donors (Lipinski definition) is 3. The highest BCUT2D eigenvalue weighted by atomic mass is 35.5. The van der Waals surface area contributed by atoms with Gasteiger partial charge in [0, 0.05) is 17.8 Å². The van der Waals surface area contributed by atoms with Gasteiger partial charge in [-0.15, -0.1) is 0 Å². The Labute approximate surface area is 155 Å². The van der Waals surface area contributed by atoms with E-state index in [4.69, 9.17) is 17.3 Å². The third-order valence-corrected chi connectivity index (χ3v) is 4.39.